The molecule has 0 bridgehead atoms. The number of nitrogens with zero attached hydrogens (tertiary/aromatic N) is 1. The molecule has 0 radical (unpaired) electrons. The highest BCUT2D eigenvalue weighted by Crippen LogP contribution is 2.32. The molecule has 0 spiro atoms. The number of hydrogen-bond acceptors (Lipinski definition) is 3. The molecule has 0 saturated carbocycles. The van der Waals surface area contributed by atoms with Crippen LogP contribution in [0.2, 0.25) is 10.0 Å². The Morgan fingerprint density at radius 1 is 1.32 bits per heavy atom. The second kappa shape index (κ2) is 7.44. The number of alkyl halides is 1. The first-order chi connectivity index (χ1) is 10.5. The summed E-state index contributed by atoms with van der Waals surface area (Å²) < 4.78 is 4.92. The molecule has 2 aromatic rings. The van der Waals surface area contributed by atoms with E-state index in [1.807, 2.05) is 13.0 Å². The molecule has 1 heterocycles. The van der Waals surface area contributed by atoms with Crippen molar-refractivity contribution in [3.63, 3.8) is 0 Å². The lowest BCUT2D eigenvalue weighted by molar-refractivity contribution is 0.0598. The minimum atomic E-state index is -0.366. The molecule has 116 valence electrons. The van der Waals surface area contributed by atoms with Crippen LogP contribution in [0.15, 0.2) is 24.4 Å². The minimum absolute atomic E-state index is 0.366. The van der Waals surface area contributed by atoms with Crippen molar-refractivity contribution in [2.45, 2.75) is 18.7 Å². The Kier molecular flexibility index (Phi) is 5.84. The number of halogens is 3. The van der Waals surface area contributed by atoms with Gasteiger partial charge in [-0.1, -0.05) is 52.1 Å². The van der Waals surface area contributed by atoms with Crippen molar-refractivity contribution in [2.24, 2.45) is 0 Å². The fourth-order valence-electron chi connectivity index (χ4n) is 2.24. The van der Waals surface area contributed by atoms with Crippen molar-refractivity contribution in [1.29, 1.82) is 0 Å². The maximum absolute atomic E-state index is 12.2. The van der Waals surface area contributed by atoms with E-state index >= 15 is 0 Å². The van der Waals surface area contributed by atoms with Gasteiger partial charge in [0.2, 0.25) is 0 Å². The number of benzene rings is 1. The van der Waals surface area contributed by atoms with Gasteiger partial charge in [-0.05, 0) is 24.1 Å². The lowest BCUT2D eigenvalue weighted by atomic mass is 9.97. The number of esters is 1. The van der Waals surface area contributed by atoms with Crippen molar-refractivity contribution in [1.82, 2.24) is 4.98 Å². The Morgan fingerprint density at radius 3 is 2.59 bits per heavy atom. The first-order valence-electron chi connectivity index (χ1n) is 6.63. The summed E-state index contributed by atoms with van der Waals surface area (Å²) in [5.41, 5.74) is 3.68. The molecule has 0 fully saturated rings. The first-order valence-corrected chi connectivity index (χ1v) is 8.51. The van der Waals surface area contributed by atoms with Crippen LogP contribution < -0.4 is 0 Å². The summed E-state index contributed by atoms with van der Waals surface area (Å²) >= 11 is 15.5. The summed E-state index contributed by atoms with van der Waals surface area (Å²) in [6.45, 7) is 1.97. The summed E-state index contributed by atoms with van der Waals surface area (Å²) in [5.74, 6) is -0.366. The van der Waals surface area contributed by atoms with E-state index in [1.54, 1.807) is 18.3 Å². The average Bonchev–Trinajstić information content (AvgIpc) is 2.55. The molecule has 0 saturated heterocycles. The van der Waals surface area contributed by atoms with Gasteiger partial charge in [0.25, 0.3) is 0 Å². The molecule has 3 nitrogen and oxygen atoms in total. The van der Waals surface area contributed by atoms with Crippen LogP contribution in [0.4, 0.5) is 0 Å². The van der Waals surface area contributed by atoms with E-state index in [1.165, 1.54) is 7.11 Å². The molecule has 2 rings (SSSR count). The number of ether oxygens (including phenoxy) is 1. The highest BCUT2D eigenvalue weighted by Gasteiger charge is 2.21. The van der Waals surface area contributed by atoms with Crippen molar-refractivity contribution in [3.05, 3.63) is 51.1 Å². The number of aryl methyl sites for hydroxylation is 1. The Morgan fingerprint density at radius 2 is 2.05 bits per heavy atom. The summed E-state index contributed by atoms with van der Waals surface area (Å²) in [6, 6.07) is 5.28. The zero-order valence-corrected chi connectivity index (χ0v) is 15.2. The quantitative estimate of drug-likeness (QED) is 0.514. The molecule has 22 heavy (non-hydrogen) atoms. The topological polar surface area (TPSA) is 39.2 Å². The fraction of sp³-hybridized carbons (Fsp3) is 0.250. The Balaban J connectivity index is 2.71. The Hall–Kier alpha value is -1.10. The van der Waals surface area contributed by atoms with Gasteiger partial charge in [0.05, 0.1) is 28.4 Å². The summed E-state index contributed by atoms with van der Waals surface area (Å²) in [6.07, 6.45) is 2.40. The molecule has 1 aromatic heterocycles. The van der Waals surface area contributed by atoms with Gasteiger partial charge in [0, 0.05) is 22.7 Å². The van der Waals surface area contributed by atoms with Crippen molar-refractivity contribution in [2.75, 3.05) is 7.11 Å². The second-order valence-corrected chi connectivity index (χ2v) is 5.97. The van der Waals surface area contributed by atoms with Crippen molar-refractivity contribution >= 4 is 45.1 Å². The first kappa shape index (κ1) is 17.3. The monoisotopic (exact) mass is 401 g/mol. The molecular weight excluding hydrogens is 389 g/mol. The van der Waals surface area contributed by atoms with E-state index in [0.29, 0.717) is 33.1 Å². The van der Waals surface area contributed by atoms with E-state index in [2.05, 4.69) is 20.9 Å². The zero-order valence-electron chi connectivity index (χ0n) is 12.1. The lowest BCUT2D eigenvalue weighted by Gasteiger charge is -2.15. The molecule has 0 aliphatic rings. The van der Waals surface area contributed by atoms with Crippen LogP contribution in [-0.4, -0.2) is 18.1 Å². The van der Waals surface area contributed by atoms with Gasteiger partial charge in [0.1, 0.15) is 0 Å². The van der Waals surface area contributed by atoms with Gasteiger partial charge in [-0.3, -0.25) is 4.98 Å². The highest BCUT2D eigenvalue weighted by molar-refractivity contribution is 9.08. The van der Waals surface area contributed by atoms with Gasteiger partial charge in [-0.15, -0.1) is 0 Å². The summed E-state index contributed by atoms with van der Waals surface area (Å²) in [5, 5.41) is 1.40. The standard InChI is InChI=1S/C16H14BrCl2NO2/c1-3-9-8-20-15(10-4-5-12(18)13(19)6-10)11(7-17)14(9)16(21)22-2/h4-6,8H,3,7H2,1-2H3. The summed E-state index contributed by atoms with van der Waals surface area (Å²) in [7, 11) is 1.37. The van der Waals surface area contributed by atoms with E-state index in [9.17, 15) is 4.79 Å². The maximum atomic E-state index is 12.2. The Bertz CT molecular complexity index is 720. The molecular formula is C16H14BrCl2NO2. The summed E-state index contributed by atoms with van der Waals surface area (Å²) in [4.78, 5) is 16.7. The number of hydrogen-bond donors (Lipinski definition) is 0. The van der Waals surface area contributed by atoms with Crippen LogP contribution in [-0.2, 0) is 16.5 Å². The van der Waals surface area contributed by atoms with E-state index < -0.39 is 0 Å². The molecule has 0 N–H and O–H groups in total. The molecule has 1 aromatic carbocycles. The second-order valence-electron chi connectivity index (χ2n) is 4.59. The van der Waals surface area contributed by atoms with Gasteiger partial charge < -0.3 is 4.74 Å². The van der Waals surface area contributed by atoms with Gasteiger partial charge >= 0.3 is 5.97 Å². The largest absolute Gasteiger partial charge is 0.465 e. The third kappa shape index (κ3) is 3.29. The molecule has 0 atom stereocenters. The smallest absolute Gasteiger partial charge is 0.338 e. The predicted molar refractivity (Wildman–Crippen MR) is 93.0 cm³/mol. The van der Waals surface area contributed by atoms with Crippen LogP contribution in [0.25, 0.3) is 11.3 Å². The Labute approximate surface area is 147 Å². The third-order valence-electron chi connectivity index (χ3n) is 3.36. The average molecular weight is 403 g/mol. The number of pyridine rings is 1. The van der Waals surface area contributed by atoms with E-state index in [0.717, 1.165) is 16.7 Å². The number of methoxy groups -OCH3 is 1. The molecule has 6 heteroatoms. The lowest BCUT2D eigenvalue weighted by Crippen LogP contribution is -2.11. The number of rotatable bonds is 4. The predicted octanol–water partition coefficient (Wildman–Crippen LogP) is 5.30. The maximum Gasteiger partial charge on any atom is 0.338 e. The van der Waals surface area contributed by atoms with E-state index in [-0.39, 0.29) is 5.97 Å². The molecule has 0 aliphatic heterocycles. The number of carbonyl (C=O) groups excluding carboxylic acids is 1. The van der Waals surface area contributed by atoms with Gasteiger partial charge in [-0.25, -0.2) is 4.79 Å². The van der Waals surface area contributed by atoms with Crippen molar-refractivity contribution in [3.8, 4) is 11.3 Å². The highest BCUT2D eigenvalue weighted by atomic mass is 79.9. The molecule has 0 aliphatic carbocycles. The van der Waals surface area contributed by atoms with E-state index in [4.69, 9.17) is 27.9 Å². The number of carbonyl (C=O) groups is 1. The van der Waals surface area contributed by atoms with Gasteiger partial charge in [0.15, 0.2) is 0 Å². The van der Waals surface area contributed by atoms with Crippen LogP contribution in [0.5, 0.6) is 0 Å². The van der Waals surface area contributed by atoms with Gasteiger partial charge in [-0.2, -0.15) is 0 Å². The van der Waals surface area contributed by atoms with Crippen LogP contribution in [0, 0.1) is 0 Å². The SMILES string of the molecule is CCc1cnc(-c2ccc(Cl)c(Cl)c2)c(CBr)c1C(=O)OC. The zero-order chi connectivity index (χ0) is 16.3. The fourth-order valence-corrected chi connectivity index (χ4v) is 3.09. The van der Waals surface area contributed by atoms with Crippen molar-refractivity contribution < 1.29 is 9.53 Å². The van der Waals surface area contributed by atoms with Crippen LogP contribution in [0.1, 0.15) is 28.4 Å². The normalized spacial score (nSPS) is 10.6. The molecule has 0 unspecified atom stereocenters. The number of aromatic nitrogens is 1. The minimum Gasteiger partial charge on any atom is -0.465 e. The van der Waals surface area contributed by atoms with Crippen LogP contribution in [0.3, 0.4) is 0 Å². The molecule has 0 amide bonds. The third-order valence-corrected chi connectivity index (χ3v) is 4.66. The van der Waals surface area contributed by atoms with Crippen LogP contribution >= 0.6 is 39.1 Å².